The van der Waals surface area contributed by atoms with Crippen molar-refractivity contribution < 1.29 is 19.1 Å². The van der Waals surface area contributed by atoms with E-state index in [-0.39, 0.29) is 12.5 Å². The lowest BCUT2D eigenvalue weighted by Crippen LogP contribution is -2.45. The molecule has 1 aromatic carbocycles. The first kappa shape index (κ1) is 16.1. The van der Waals surface area contributed by atoms with Crippen molar-refractivity contribution in [1.82, 2.24) is 15.1 Å². The van der Waals surface area contributed by atoms with Gasteiger partial charge in [0, 0.05) is 25.2 Å². The maximum absolute atomic E-state index is 12.2. The molecule has 0 saturated carbocycles. The fourth-order valence-corrected chi connectivity index (χ4v) is 4.28. The normalized spacial score (nSPS) is 24.2. The zero-order chi connectivity index (χ0) is 18.4. The van der Waals surface area contributed by atoms with E-state index in [2.05, 4.69) is 15.1 Å². The van der Waals surface area contributed by atoms with Gasteiger partial charge in [0.15, 0.2) is 5.76 Å². The van der Waals surface area contributed by atoms with E-state index < -0.39 is 11.4 Å². The summed E-state index contributed by atoms with van der Waals surface area (Å²) in [6.07, 6.45) is 1.68. The van der Waals surface area contributed by atoms with E-state index >= 15 is 0 Å². The Balaban J connectivity index is 1.41. The monoisotopic (exact) mass is 365 g/mol. The third-order valence-electron chi connectivity index (χ3n) is 5.63. The number of carboxylic acid groups (broad SMARTS) is 1. The largest absolute Gasteiger partial charge is 0.492 e. The SMILES string of the molecule is O=C(O)[C@@]12COc3ccccc3[C@@H]1CN(Cc1ccc(-c3ccn[nH]3)o1)C2. The van der Waals surface area contributed by atoms with Crippen LogP contribution < -0.4 is 4.74 Å². The number of carbonyl (C=O) groups is 1. The van der Waals surface area contributed by atoms with Gasteiger partial charge in [-0.1, -0.05) is 18.2 Å². The van der Waals surface area contributed by atoms with Gasteiger partial charge in [0.1, 0.15) is 29.2 Å². The van der Waals surface area contributed by atoms with Crippen LogP contribution >= 0.6 is 0 Å². The molecule has 5 rings (SSSR count). The number of hydrogen-bond donors (Lipinski definition) is 2. The number of nitrogens with one attached hydrogen (secondary N) is 1. The van der Waals surface area contributed by atoms with E-state index in [4.69, 9.17) is 9.15 Å². The van der Waals surface area contributed by atoms with Gasteiger partial charge in [-0.25, -0.2) is 0 Å². The van der Waals surface area contributed by atoms with Crippen molar-refractivity contribution in [3.8, 4) is 17.2 Å². The van der Waals surface area contributed by atoms with Gasteiger partial charge >= 0.3 is 5.97 Å². The number of aromatic amines is 1. The van der Waals surface area contributed by atoms with Gasteiger partial charge in [-0.05, 0) is 29.8 Å². The van der Waals surface area contributed by atoms with Gasteiger partial charge in [-0.3, -0.25) is 14.8 Å². The second kappa shape index (κ2) is 5.99. The molecule has 2 aliphatic rings. The third-order valence-corrected chi connectivity index (χ3v) is 5.63. The van der Waals surface area contributed by atoms with Crippen molar-refractivity contribution in [3.05, 3.63) is 60.0 Å². The predicted molar refractivity (Wildman–Crippen MR) is 96.3 cm³/mol. The Morgan fingerprint density at radius 1 is 1.30 bits per heavy atom. The van der Waals surface area contributed by atoms with Crippen LogP contribution in [-0.4, -0.2) is 45.9 Å². The van der Waals surface area contributed by atoms with E-state index in [1.165, 1.54) is 0 Å². The van der Waals surface area contributed by atoms with Gasteiger partial charge in [0.25, 0.3) is 0 Å². The number of furan rings is 1. The molecule has 0 bridgehead atoms. The second-order valence-electron chi connectivity index (χ2n) is 7.25. The number of ether oxygens (including phenoxy) is 1. The average molecular weight is 365 g/mol. The average Bonchev–Trinajstić information content (AvgIpc) is 3.41. The summed E-state index contributed by atoms with van der Waals surface area (Å²) in [7, 11) is 0. The highest BCUT2D eigenvalue weighted by Crippen LogP contribution is 2.50. The van der Waals surface area contributed by atoms with Crippen molar-refractivity contribution in [3.63, 3.8) is 0 Å². The summed E-state index contributed by atoms with van der Waals surface area (Å²) in [6, 6.07) is 13.4. The number of carboxylic acids is 1. The van der Waals surface area contributed by atoms with Gasteiger partial charge in [-0.2, -0.15) is 5.10 Å². The number of likely N-dealkylation sites (tertiary alicyclic amines) is 1. The molecule has 0 radical (unpaired) electrons. The van der Waals surface area contributed by atoms with Gasteiger partial charge in [0.05, 0.1) is 6.54 Å². The maximum Gasteiger partial charge on any atom is 0.315 e. The fourth-order valence-electron chi connectivity index (χ4n) is 4.28. The zero-order valence-electron chi connectivity index (χ0n) is 14.6. The standard InChI is InChI=1S/C20H19N3O4/c24-19(25)20-11-23(9-13-5-6-18(27-13)16-7-8-21-22-16)10-15(20)14-3-1-2-4-17(14)26-12-20/h1-8,15H,9-12H2,(H,21,22)(H,24,25)/t15-,20-/m0/s1. The van der Waals surface area contributed by atoms with E-state index in [1.54, 1.807) is 6.20 Å². The summed E-state index contributed by atoms with van der Waals surface area (Å²) >= 11 is 0. The molecule has 4 heterocycles. The molecular weight excluding hydrogens is 346 g/mol. The first-order valence-electron chi connectivity index (χ1n) is 8.92. The lowest BCUT2D eigenvalue weighted by Gasteiger charge is -2.35. The van der Waals surface area contributed by atoms with Crippen molar-refractivity contribution >= 4 is 5.97 Å². The number of aromatic nitrogens is 2. The molecule has 7 nitrogen and oxygen atoms in total. The molecule has 2 N–H and O–H groups in total. The molecule has 0 unspecified atom stereocenters. The number of para-hydroxylation sites is 1. The number of rotatable bonds is 4. The molecule has 2 atom stereocenters. The van der Waals surface area contributed by atoms with Crippen LogP contribution in [0, 0.1) is 5.41 Å². The van der Waals surface area contributed by atoms with Crippen molar-refractivity contribution in [1.29, 1.82) is 0 Å². The molecule has 27 heavy (non-hydrogen) atoms. The van der Waals surface area contributed by atoms with Crippen LogP contribution in [-0.2, 0) is 11.3 Å². The third kappa shape index (κ3) is 2.54. The summed E-state index contributed by atoms with van der Waals surface area (Å²) in [5.74, 6) is 1.42. The van der Waals surface area contributed by atoms with E-state index in [9.17, 15) is 9.90 Å². The highest BCUT2D eigenvalue weighted by Gasteiger charge is 2.56. The van der Waals surface area contributed by atoms with Crippen LogP contribution in [0.25, 0.3) is 11.5 Å². The minimum Gasteiger partial charge on any atom is -0.492 e. The van der Waals surface area contributed by atoms with E-state index in [0.29, 0.717) is 19.6 Å². The summed E-state index contributed by atoms with van der Waals surface area (Å²) < 4.78 is 11.7. The van der Waals surface area contributed by atoms with Crippen LogP contribution in [0.4, 0.5) is 0 Å². The zero-order valence-corrected chi connectivity index (χ0v) is 14.6. The molecule has 0 amide bonds. The molecule has 1 saturated heterocycles. The molecular formula is C20H19N3O4. The molecule has 138 valence electrons. The first-order chi connectivity index (χ1) is 13.2. The summed E-state index contributed by atoms with van der Waals surface area (Å²) in [6.45, 7) is 1.84. The van der Waals surface area contributed by atoms with Crippen molar-refractivity contribution in [2.45, 2.75) is 12.5 Å². The minimum absolute atomic E-state index is 0.0954. The van der Waals surface area contributed by atoms with Crippen LogP contribution in [0.15, 0.2) is 53.1 Å². The number of hydrogen-bond acceptors (Lipinski definition) is 5. The van der Waals surface area contributed by atoms with Crippen LogP contribution in [0.2, 0.25) is 0 Å². The van der Waals surface area contributed by atoms with Crippen LogP contribution in [0.1, 0.15) is 17.2 Å². The Kier molecular flexibility index (Phi) is 3.58. The number of fused-ring (bicyclic) bond motifs is 3. The summed E-state index contributed by atoms with van der Waals surface area (Å²) in [4.78, 5) is 14.3. The molecule has 2 aromatic heterocycles. The smallest absolute Gasteiger partial charge is 0.315 e. The lowest BCUT2D eigenvalue weighted by molar-refractivity contribution is -0.151. The number of H-pyrrole nitrogens is 1. The number of nitrogens with zero attached hydrogens (tertiary/aromatic N) is 2. The lowest BCUT2D eigenvalue weighted by atomic mass is 9.73. The Bertz CT molecular complexity index is 981. The first-order valence-corrected chi connectivity index (χ1v) is 8.92. The number of benzene rings is 1. The van der Waals surface area contributed by atoms with Crippen molar-refractivity contribution in [2.24, 2.45) is 5.41 Å². The fraction of sp³-hybridized carbons (Fsp3) is 0.300. The number of aliphatic carboxylic acids is 1. The topological polar surface area (TPSA) is 91.6 Å². The molecule has 2 aliphatic heterocycles. The van der Waals surface area contributed by atoms with E-state index in [1.807, 2.05) is 42.5 Å². The quantitative estimate of drug-likeness (QED) is 0.739. The van der Waals surface area contributed by atoms with Gasteiger partial charge in [-0.15, -0.1) is 0 Å². The van der Waals surface area contributed by atoms with Crippen LogP contribution in [0.3, 0.4) is 0 Å². The van der Waals surface area contributed by atoms with Crippen LogP contribution in [0.5, 0.6) is 5.75 Å². The molecule has 7 heteroatoms. The van der Waals surface area contributed by atoms with E-state index in [0.717, 1.165) is 28.5 Å². The Morgan fingerprint density at radius 2 is 2.19 bits per heavy atom. The molecule has 3 aromatic rings. The second-order valence-corrected chi connectivity index (χ2v) is 7.25. The molecule has 1 fully saturated rings. The Labute approximate surface area is 155 Å². The Hall–Kier alpha value is -3.06. The predicted octanol–water partition coefficient (Wildman–Crippen LogP) is 2.73. The summed E-state index contributed by atoms with van der Waals surface area (Å²) in [5, 5.41) is 16.8. The van der Waals surface area contributed by atoms with Gasteiger partial charge in [0.2, 0.25) is 0 Å². The highest BCUT2D eigenvalue weighted by atomic mass is 16.5. The minimum atomic E-state index is -0.923. The highest BCUT2D eigenvalue weighted by molar-refractivity contribution is 5.78. The Morgan fingerprint density at radius 3 is 3.00 bits per heavy atom. The summed E-state index contributed by atoms with van der Waals surface area (Å²) in [5.41, 5.74) is 0.875. The molecule has 0 spiro atoms. The molecule has 0 aliphatic carbocycles. The maximum atomic E-state index is 12.2. The van der Waals surface area contributed by atoms with Gasteiger partial charge < -0.3 is 14.3 Å². The van der Waals surface area contributed by atoms with Crippen molar-refractivity contribution in [2.75, 3.05) is 19.7 Å².